The summed E-state index contributed by atoms with van der Waals surface area (Å²) in [6.07, 6.45) is 2.40. The maximum absolute atomic E-state index is 12.2. The zero-order valence-electron chi connectivity index (χ0n) is 11.5. The fourth-order valence-electron chi connectivity index (χ4n) is 1.93. The molecule has 1 aromatic carbocycles. The first-order valence-corrected chi connectivity index (χ1v) is 6.83. The molecule has 2 rings (SSSR count). The lowest BCUT2D eigenvalue weighted by Gasteiger charge is -2.22. The van der Waals surface area contributed by atoms with Crippen LogP contribution in [-0.2, 0) is 16.1 Å². The molecule has 0 aromatic heterocycles. The van der Waals surface area contributed by atoms with Gasteiger partial charge in [0.1, 0.15) is 0 Å². The van der Waals surface area contributed by atoms with Crippen LogP contribution in [0.25, 0.3) is 0 Å². The third-order valence-corrected chi connectivity index (χ3v) is 3.25. The van der Waals surface area contributed by atoms with Gasteiger partial charge in [-0.05, 0) is 18.4 Å². The van der Waals surface area contributed by atoms with Crippen LogP contribution in [0.4, 0.5) is 0 Å². The van der Waals surface area contributed by atoms with Crippen molar-refractivity contribution in [2.24, 2.45) is 0 Å². The van der Waals surface area contributed by atoms with Gasteiger partial charge < -0.3 is 15.0 Å². The van der Waals surface area contributed by atoms with Crippen molar-refractivity contribution < 1.29 is 9.53 Å². The fraction of sp³-hybridized carbons (Fsp3) is 0.533. The predicted molar refractivity (Wildman–Crippen MR) is 74.8 cm³/mol. The Balaban J connectivity index is 1.87. The molecule has 0 heterocycles. The number of carbonyl (C=O) groups excluding carboxylic acids is 1. The predicted octanol–water partition coefficient (Wildman–Crippen LogP) is 1.41. The summed E-state index contributed by atoms with van der Waals surface area (Å²) < 4.78 is 5.08. The molecule has 0 bridgehead atoms. The Labute approximate surface area is 114 Å². The Morgan fingerprint density at radius 3 is 2.74 bits per heavy atom. The highest BCUT2D eigenvalue weighted by Crippen LogP contribution is 2.18. The van der Waals surface area contributed by atoms with Crippen LogP contribution in [0.5, 0.6) is 0 Å². The van der Waals surface area contributed by atoms with Crippen LogP contribution in [0.3, 0.4) is 0 Å². The molecular weight excluding hydrogens is 240 g/mol. The Bertz CT molecular complexity index is 390. The molecule has 19 heavy (non-hydrogen) atoms. The van der Waals surface area contributed by atoms with E-state index in [0.29, 0.717) is 32.3 Å². The van der Waals surface area contributed by atoms with Gasteiger partial charge in [-0.25, -0.2) is 0 Å². The first kappa shape index (κ1) is 14.0. The van der Waals surface area contributed by atoms with Gasteiger partial charge in [-0.15, -0.1) is 0 Å². The van der Waals surface area contributed by atoms with Gasteiger partial charge in [-0.2, -0.15) is 0 Å². The van der Waals surface area contributed by atoms with Gasteiger partial charge >= 0.3 is 0 Å². The van der Waals surface area contributed by atoms with E-state index in [-0.39, 0.29) is 5.91 Å². The molecule has 0 atom stereocenters. The summed E-state index contributed by atoms with van der Waals surface area (Å²) >= 11 is 0. The van der Waals surface area contributed by atoms with Crippen molar-refractivity contribution in [2.75, 3.05) is 26.8 Å². The monoisotopic (exact) mass is 262 g/mol. The number of methoxy groups -OCH3 is 1. The van der Waals surface area contributed by atoms with Gasteiger partial charge in [0.25, 0.3) is 0 Å². The fourth-order valence-corrected chi connectivity index (χ4v) is 1.93. The molecule has 0 aliphatic heterocycles. The lowest BCUT2D eigenvalue weighted by atomic mass is 10.2. The first-order valence-electron chi connectivity index (χ1n) is 6.83. The number of amides is 1. The molecule has 1 amide bonds. The second-order valence-corrected chi connectivity index (χ2v) is 4.95. The summed E-state index contributed by atoms with van der Waals surface area (Å²) in [4.78, 5) is 14.0. The summed E-state index contributed by atoms with van der Waals surface area (Å²) in [5.74, 6) is 0.146. The van der Waals surface area contributed by atoms with E-state index < -0.39 is 0 Å². The zero-order chi connectivity index (χ0) is 13.5. The molecule has 4 nitrogen and oxygen atoms in total. The number of benzene rings is 1. The number of hydrogen-bond donors (Lipinski definition) is 1. The molecule has 1 N–H and O–H groups in total. The summed E-state index contributed by atoms with van der Waals surface area (Å²) in [5, 5.41) is 3.27. The van der Waals surface area contributed by atoms with E-state index in [1.807, 2.05) is 35.2 Å². The van der Waals surface area contributed by atoms with E-state index in [0.717, 1.165) is 5.56 Å². The quantitative estimate of drug-likeness (QED) is 0.770. The van der Waals surface area contributed by atoms with Gasteiger partial charge in [0, 0.05) is 26.2 Å². The van der Waals surface area contributed by atoms with Crippen LogP contribution in [0.2, 0.25) is 0 Å². The summed E-state index contributed by atoms with van der Waals surface area (Å²) in [6, 6.07) is 10.6. The largest absolute Gasteiger partial charge is 0.383 e. The maximum Gasteiger partial charge on any atom is 0.236 e. The molecule has 1 saturated carbocycles. The molecular formula is C15H22N2O2. The Kier molecular flexibility index (Phi) is 5.36. The van der Waals surface area contributed by atoms with Crippen molar-refractivity contribution in [2.45, 2.75) is 25.4 Å². The number of ether oxygens (including phenoxy) is 1. The van der Waals surface area contributed by atoms with Crippen LogP contribution in [-0.4, -0.2) is 43.7 Å². The Morgan fingerprint density at radius 1 is 1.37 bits per heavy atom. The van der Waals surface area contributed by atoms with E-state index in [2.05, 4.69) is 5.32 Å². The molecule has 1 aliphatic carbocycles. The van der Waals surface area contributed by atoms with Gasteiger partial charge in [0.05, 0.1) is 13.2 Å². The van der Waals surface area contributed by atoms with E-state index in [1.54, 1.807) is 7.11 Å². The summed E-state index contributed by atoms with van der Waals surface area (Å²) in [6.45, 7) is 2.29. The molecule has 104 valence electrons. The number of nitrogens with one attached hydrogen (secondary N) is 1. The number of nitrogens with zero attached hydrogens (tertiary/aromatic N) is 1. The molecule has 1 aliphatic rings. The van der Waals surface area contributed by atoms with Crippen molar-refractivity contribution in [1.82, 2.24) is 10.2 Å². The lowest BCUT2D eigenvalue weighted by molar-refractivity contribution is -0.131. The number of carbonyl (C=O) groups is 1. The average Bonchev–Trinajstić information content (AvgIpc) is 3.26. The standard InChI is InChI=1S/C15H22N2O2/c1-19-10-9-17(12-13-5-3-2-4-6-13)15(18)11-16-14-7-8-14/h2-6,14,16H,7-12H2,1H3. The van der Waals surface area contributed by atoms with E-state index in [1.165, 1.54) is 12.8 Å². The average molecular weight is 262 g/mol. The molecule has 0 spiro atoms. The van der Waals surface area contributed by atoms with Crippen LogP contribution in [0, 0.1) is 0 Å². The summed E-state index contributed by atoms with van der Waals surface area (Å²) in [7, 11) is 1.66. The van der Waals surface area contributed by atoms with Crippen molar-refractivity contribution in [1.29, 1.82) is 0 Å². The minimum absolute atomic E-state index is 0.146. The van der Waals surface area contributed by atoms with E-state index in [9.17, 15) is 4.79 Å². The van der Waals surface area contributed by atoms with Crippen molar-refractivity contribution in [3.8, 4) is 0 Å². The third-order valence-electron chi connectivity index (χ3n) is 3.25. The van der Waals surface area contributed by atoms with E-state index in [4.69, 9.17) is 4.74 Å². The minimum Gasteiger partial charge on any atom is -0.383 e. The van der Waals surface area contributed by atoms with Gasteiger partial charge in [-0.3, -0.25) is 4.79 Å². The van der Waals surface area contributed by atoms with Crippen molar-refractivity contribution >= 4 is 5.91 Å². The van der Waals surface area contributed by atoms with E-state index >= 15 is 0 Å². The lowest BCUT2D eigenvalue weighted by Crippen LogP contribution is -2.40. The smallest absolute Gasteiger partial charge is 0.236 e. The molecule has 0 radical (unpaired) electrons. The van der Waals surface area contributed by atoms with Gasteiger partial charge in [0.15, 0.2) is 0 Å². The SMILES string of the molecule is COCCN(Cc1ccccc1)C(=O)CNC1CC1. The van der Waals surface area contributed by atoms with Crippen LogP contribution in [0.1, 0.15) is 18.4 Å². The highest BCUT2D eigenvalue weighted by molar-refractivity contribution is 5.78. The van der Waals surface area contributed by atoms with Crippen molar-refractivity contribution in [3.63, 3.8) is 0 Å². The van der Waals surface area contributed by atoms with Crippen LogP contribution in [0.15, 0.2) is 30.3 Å². The second-order valence-electron chi connectivity index (χ2n) is 4.95. The van der Waals surface area contributed by atoms with Gasteiger partial charge in [-0.1, -0.05) is 30.3 Å². The number of rotatable bonds is 8. The van der Waals surface area contributed by atoms with Crippen LogP contribution >= 0.6 is 0 Å². The molecule has 0 saturated heterocycles. The molecule has 1 aromatic rings. The maximum atomic E-state index is 12.2. The normalized spacial score (nSPS) is 14.4. The zero-order valence-corrected chi connectivity index (χ0v) is 11.5. The topological polar surface area (TPSA) is 41.6 Å². The molecule has 4 heteroatoms. The first-order chi connectivity index (χ1) is 9.29. The summed E-state index contributed by atoms with van der Waals surface area (Å²) in [5.41, 5.74) is 1.15. The number of hydrogen-bond acceptors (Lipinski definition) is 3. The highest BCUT2D eigenvalue weighted by Gasteiger charge is 2.22. The second kappa shape index (κ2) is 7.26. The Hall–Kier alpha value is -1.39. The molecule has 0 unspecified atom stereocenters. The third kappa shape index (κ3) is 5.01. The van der Waals surface area contributed by atoms with Gasteiger partial charge in [0.2, 0.25) is 5.91 Å². The Morgan fingerprint density at radius 2 is 2.11 bits per heavy atom. The van der Waals surface area contributed by atoms with Crippen molar-refractivity contribution in [3.05, 3.63) is 35.9 Å². The van der Waals surface area contributed by atoms with Crippen LogP contribution < -0.4 is 5.32 Å². The highest BCUT2D eigenvalue weighted by atomic mass is 16.5. The molecule has 1 fully saturated rings. The minimum atomic E-state index is 0.146.